The van der Waals surface area contributed by atoms with Gasteiger partial charge in [0.15, 0.2) is 0 Å². The summed E-state index contributed by atoms with van der Waals surface area (Å²) in [5, 5.41) is 3.57. The zero-order valence-corrected chi connectivity index (χ0v) is 13.1. The van der Waals surface area contributed by atoms with Crippen LogP contribution in [0.5, 0.6) is 0 Å². The van der Waals surface area contributed by atoms with Gasteiger partial charge in [-0.05, 0) is 55.0 Å². The van der Waals surface area contributed by atoms with Crippen LogP contribution in [0, 0.1) is 0 Å². The normalized spacial score (nSPS) is 13.5. The zero-order chi connectivity index (χ0) is 14.8. The highest BCUT2D eigenvalue weighted by Crippen LogP contribution is 2.37. The quantitative estimate of drug-likeness (QED) is 0.671. The molecule has 21 heavy (non-hydrogen) atoms. The minimum atomic E-state index is 0.384. The molecule has 0 saturated carbocycles. The molecule has 1 nitrogen and oxygen atoms in total. The number of rotatable bonds is 4. The Morgan fingerprint density at radius 1 is 1.10 bits per heavy atom. The molecule has 2 aromatic rings. The third kappa shape index (κ3) is 2.93. The Hall–Kier alpha value is -1.86. The van der Waals surface area contributed by atoms with Gasteiger partial charge in [-0.25, -0.2) is 0 Å². The molecule has 2 aromatic carbocycles. The van der Waals surface area contributed by atoms with Crippen LogP contribution in [0.1, 0.15) is 43.5 Å². The summed E-state index contributed by atoms with van der Waals surface area (Å²) in [6.45, 7) is 7.45. The first-order valence-corrected chi connectivity index (χ1v) is 7.73. The molecule has 1 unspecified atom stereocenters. The van der Waals surface area contributed by atoms with Crippen LogP contribution >= 0.6 is 0 Å². The van der Waals surface area contributed by atoms with E-state index in [0.29, 0.717) is 6.04 Å². The van der Waals surface area contributed by atoms with E-state index in [-0.39, 0.29) is 0 Å². The molecule has 0 aromatic heterocycles. The van der Waals surface area contributed by atoms with E-state index < -0.39 is 0 Å². The fourth-order valence-electron chi connectivity index (χ4n) is 2.99. The molecule has 0 aliphatic heterocycles. The van der Waals surface area contributed by atoms with E-state index in [1.54, 1.807) is 0 Å². The highest BCUT2D eigenvalue weighted by Gasteiger charge is 2.18. The van der Waals surface area contributed by atoms with E-state index in [9.17, 15) is 0 Å². The second-order valence-corrected chi connectivity index (χ2v) is 6.16. The van der Waals surface area contributed by atoms with Crippen LogP contribution in [0.2, 0.25) is 0 Å². The molecule has 0 spiro atoms. The monoisotopic (exact) mass is 277 g/mol. The topological polar surface area (TPSA) is 12.0 Å². The van der Waals surface area contributed by atoms with Crippen LogP contribution < -0.4 is 5.32 Å². The summed E-state index contributed by atoms with van der Waals surface area (Å²) in [7, 11) is 0. The average Bonchev–Trinajstić information content (AvgIpc) is 2.84. The zero-order valence-electron chi connectivity index (χ0n) is 13.1. The van der Waals surface area contributed by atoms with Gasteiger partial charge in [0.1, 0.15) is 0 Å². The summed E-state index contributed by atoms with van der Waals surface area (Å²) in [6, 6.07) is 16.0. The van der Waals surface area contributed by atoms with Crippen molar-refractivity contribution in [1.29, 1.82) is 0 Å². The number of hydrogen-bond donors (Lipinski definition) is 1. The number of hydrogen-bond acceptors (Lipinski definition) is 1. The van der Waals surface area contributed by atoms with Crippen LogP contribution in [0.15, 0.2) is 54.1 Å². The minimum absolute atomic E-state index is 0.384. The third-order valence-corrected chi connectivity index (χ3v) is 4.25. The van der Waals surface area contributed by atoms with Crippen LogP contribution in [0.25, 0.3) is 11.1 Å². The maximum absolute atomic E-state index is 3.57. The van der Waals surface area contributed by atoms with Crippen molar-refractivity contribution < 1.29 is 0 Å². The lowest BCUT2D eigenvalue weighted by molar-refractivity contribution is 0.616. The Labute approximate surface area is 127 Å². The van der Waals surface area contributed by atoms with E-state index in [2.05, 4.69) is 74.6 Å². The molecule has 1 N–H and O–H groups in total. The number of fused-ring (bicyclic) bond motifs is 3. The van der Waals surface area contributed by atoms with E-state index >= 15 is 0 Å². The Kier molecular flexibility index (Phi) is 3.94. The van der Waals surface area contributed by atoms with Crippen LogP contribution in [0.4, 0.5) is 0 Å². The van der Waals surface area contributed by atoms with Crippen molar-refractivity contribution >= 4 is 0 Å². The minimum Gasteiger partial charge on any atom is -0.307 e. The fourth-order valence-corrected chi connectivity index (χ4v) is 2.99. The summed E-state index contributed by atoms with van der Waals surface area (Å²) in [4.78, 5) is 0. The fraction of sp³-hybridized carbons (Fsp3) is 0.300. The molecule has 1 atom stereocenters. The van der Waals surface area contributed by atoms with Crippen molar-refractivity contribution in [1.82, 2.24) is 5.32 Å². The summed E-state index contributed by atoms with van der Waals surface area (Å²) < 4.78 is 0. The summed E-state index contributed by atoms with van der Waals surface area (Å²) in [6.07, 6.45) is 3.31. The highest BCUT2D eigenvalue weighted by molar-refractivity contribution is 5.76. The van der Waals surface area contributed by atoms with Gasteiger partial charge in [0.05, 0.1) is 0 Å². The first-order valence-electron chi connectivity index (χ1n) is 7.73. The number of allylic oxidation sites excluding steroid dienone is 1. The molecule has 3 rings (SSSR count). The van der Waals surface area contributed by atoms with E-state index in [1.807, 2.05) is 0 Å². The molecule has 0 bridgehead atoms. The predicted molar refractivity (Wildman–Crippen MR) is 90.5 cm³/mol. The van der Waals surface area contributed by atoms with Gasteiger partial charge in [-0.15, -0.1) is 0 Å². The third-order valence-electron chi connectivity index (χ3n) is 4.25. The standard InChI is InChI=1S/C20H23N/c1-14(2)10-11-21-15(3)16-8-9-20-18(12-16)13-17-6-4-5-7-19(17)20/h4-10,12,15,21H,11,13H2,1-3H3. The second-order valence-electron chi connectivity index (χ2n) is 6.16. The van der Waals surface area contributed by atoms with Gasteiger partial charge in [0.25, 0.3) is 0 Å². The molecule has 1 aliphatic carbocycles. The summed E-state index contributed by atoms with van der Waals surface area (Å²) in [5.74, 6) is 0. The van der Waals surface area contributed by atoms with Gasteiger partial charge in [-0.1, -0.05) is 54.1 Å². The van der Waals surface area contributed by atoms with Crippen molar-refractivity contribution in [2.24, 2.45) is 0 Å². The lowest BCUT2D eigenvalue weighted by Gasteiger charge is -2.14. The van der Waals surface area contributed by atoms with E-state index in [4.69, 9.17) is 0 Å². The SMILES string of the molecule is CC(C)=CCNC(C)c1ccc2c(c1)Cc1ccccc1-2. The molecule has 0 amide bonds. The van der Waals surface area contributed by atoms with Gasteiger partial charge in [-0.2, -0.15) is 0 Å². The van der Waals surface area contributed by atoms with Crippen molar-refractivity contribution in [2.75, 3.05) is 6.54 Å². The van der Waals surface area contributed by atoms with E-state index in [1.165, 1.54) is 33.4 Å². The molecule has 0 fully saturated rings. The molecular formula is C20H23N. The summed E-state index contributed by atoms with van der Waals surface area (Å²) in [5.41, 5.74) is 8.47. The highest BCUT2D eigenvalue weighted by atomic mass is 14.9. The Morgan fingerprint density at radius 2 is 1.86 bits per heavy atom. The van der Waals surface area contributed by atoms with Gasteiger partial charge < -0.3 is 5.32 Å². The lowest BCUT2D eigenvalue weighted by Crippen LogP contribution is -2.18. The maximum atomic E-state index is 3.57. The lowest BCUT2D eigenvalue weighted by atomic mass is 10.0. The predicted octanol–water partition coefficient (Wildman–Crippen LogP) is 4.87. The van der Waals surface area contributed by atoms with Gasteiger partial charge >= 0.3 is 0 Å². The van der Waals surface area contributed by atoms with Gasteiger partial charge in [-0.3, -0.25) is 0 Å². The van der Waals surface area contributed by atoms with Crippen LogP contribution in [0.3, 0.4) is 0 Å². The molecule has 0 heterocycles. The molecular weight excluding hydrogens is 254 g/mol. The van der Waals surface area contributed by atoms with Crippen LogP contribution in [-0.2, 0) is 6.42 Å². The van der Waals surface area contributed by atoms with Crippen LogP contribution in [-0.4, -0.2) is 6.54 Å². The van der Waals surface area contributed by atoms with Crippen molar-refractivity contribution in [3.63, 3.8) is 0 Å². The molecule has 0 saturated heterocycles. The number of nitrogens with one attached hydrogen (secondary N) is 1. The van der Waals surface area contributed by atoms with E-state index in [0.717, 1.165) is 13.0 Å². The smallest absolute Gasteiger partial charge is 0.0294 e. The van der Waals surface area contributed by atoms with Crippen molar-refractivity contribution in [2.45, 2.75) is 33.2 Å². The maximum Gasteiger partial charge on any atom is 0.0294 e. The Morgan fingerprint density at radius 3 is 2.67 bits per heavy atom. The van der Waals surface area contributed by atoms with Crippen molar-refractivity contribution in [3.8, 4) is 11.1 Å². The molecule has 1 heteroatoms. The average molecular weight is 277 g/mol. The summed E-state index contributed by atoms with van der Waals surface area (Å²) >= 11 is 0. The van der Waals surface area contributed by atoms with Gasteiger partial charge in [0.2, 0.25) is 0 Å². The first kappa shape index (κ1) is 14.1. The first-order chi connectivity index (χ1) is 10.1. The van der Waals surface area contributed by atoms with Gasteiger partial charge in [0, 0.05) is 12.6 Å². The Balaban J connectivity index is 1.79. The molecule has 0 radical (unpaired) electrons. The van der Waals surface area contributed by atoms with Crippen molar-refractivity contribution in [3.05, 3.63) is 70.8 Å². The second kappa shape index (κ2) is 5.87. The molecule has 1 aliphatic rings. The Bertz CT molecular complexity index is 678. The molecule has 108 valence electrons. The number of benzene rings is 2. The largest absolute Gasteiger partial charge is 0.307 e.